The maximum absolute atomic E-state index is 5.82. The summed E-state index contributed by atoms with van der Waals surface area (Å²) in [4.78, 5) is 8.29. The van der Waals surface area contributed by atoms with Crippen LogP contribution in [-0.4, -0.2) is 78.1 Å². The number of nitrogens with zero attached hydrogens (tertiary/aromatic N) is 3. The normalized spacial score (nSPS) is 24.7. The van der Waals surface area contributed by atoms with E-state index in [-0.39, 0.29) is 0 Å². The smallest absolute Gasteiger partial charge is 0.0901 e. The number of rotatable bonds is 6. The van der Waals surface area contributed by atoms with Crippen LogP contribution in [0.5, 0.6) is 0 Å². The van der Waals surface area contributed by atoms with Gasteiger partial charge in [-0.2, -0.15) is 0 Å². The third kappa shape index (κ3) is 4.38. The lowest BCUT2D eigenvalue weighted by atomic mass is 10.1. The summed E-state index contributed by atoms with van der Waals surface area (Å²) in [5, 5.41) is 0. The summed E-state index contributed by atoms with van der Waals surface area (Å²) < 4.78 is 0. The fraction of sp³-hybridized carbons (Fsp3) is 0.929. The number of nitrogens with two attached hydrogens (primary N) is 1. The van der Waals surface area contributed by atoms with Crippen molar-refractivity contribution >= 4 is 17.2 Å². The van der Waals surface area contributed by atoms with Gasteiger partial charge >= 0.3 is 0 Å². The Balaban J connectivity index is 1.68. The van der Waals surface area contributed by atoms with E-state index in [4.69, 9.17) is 18.0 Å². The molecule has 0 spiro atoms. The molecule has 0 aromatic rings. The van der Waals surface area contributed by atoms with Gasteiger partial charge in [0.2, 0.25) is 0 Å². The van der Waals surface area contributed by atoms with Crippen molar-refractivity contribution in [2.45, 2.75) is 32.2 Å². The lowest BCUT2D eigenvalue weighted by Gasteiger charge is -2.39. The first-order chi connectivity index (χ1) is 9.20. The maximum atomic E-state index is 5.82. The number of piperazine rings is 1. The minimum atomic E-state index is 0.302. The van der Waals surface area contributed by atoms with Crippen LogP contribution in [0.2, 0.25) is 0 Å². The molecule has 2 aliphatic heterocycles. The highest BCUT2D eigenvalue weighted by molar-refractivity contribution is 7.80. The molecule has 0 aromatic heterocycles. The van der Waals surface area contributed by atoms with Crippen LogP contribution in [0.1, 0.15) is 26.2 Å². The zero-order valence-electron chi connectivity index (χ0n) is 12.2. The lowest BCUT2D eigenvalue weighted by molar-refractivity contribution is 0.108. The van der Waals surface area contributed by atoms with E-state index < -0.39 is 0 Å². The van der Waals surface area contributed by atoms with Crippen molar-refractivity contribution < 1.29 is 0 Å². The molecule has 0 radical (unpaired) electrons. The molecule has 2 rings (SSSR count). The van der Waals surface area contributed by atoms with Gasteiger partial charge in [-0.3, -0.25) is 9.80 Å². The zero-order valence-corrected chi connectivity index (χ0v) is 13.0. The second-order valence-corrected chi connectivity index (χ2v) is 6.22. The molecule has 110 valence electrons. The van der Waals surface area contributed by atoms with E-state index >= 15 is 0 Å². The van der Waals surface area contributed by atoms with Gasteiger partial charge in [0.15, 0.2) is 0 Å². The number of hydrogen-bond acceptors (Lipinski definition) is 4. The maximum Gasteiger partial charge on any atom is 0.0901 e. The first-order valence-electron chi connectivity index (χ1n) is 7.68. The predicted octanol–water partition coefficient (Wildman–Crippen LogP) is 0.765. The Labute approximate surface area is 122 Å². The molecule has 19 heavy (non-hydrogen) atoms. The second-order valence-electron chi connectivity index (χ2n) is 5.75. The fourth-order valence-electron chi connectivity index (χ4n) is 3.23. The predicted molar refractivity (Wildman–Crippen MR) is 84.6 cm³/mol. The topological polar surface area (TPSA) is 35.7 Å². The zero-order chi connectivity index (χ0) is 13.7. The van der Waals surface area contributed by atoms with Gasteiger partial charge in [0.1, 0.15) is 0 Å². The summed E-state index contributed by atoms with van der Waals surface area (Å²) in [5.41, 5.74) is 5.82. The SMILES string of the molecule is CCC(C(N)=S)N1CCN(CCN2CCCC2)CC1. The van der Waals surface area contributed by atoms with E-state index in [1.54, 1.807) is 0 Å². The molecule has 0 saturated carbocycles. The number of hydrogen-bond donors (Lipinski definition) is 1. The van der Waals surface area contributed by atoms with Crippen LogP contribution in [0.15, 0.2) is 0 Å². The van der Waals surface area contributed by atoms with Crippen LogP contribution < -0.4 is 5.73 Å². The van der Waals surface area contributed by atoms with Gasteiger partial charge in [0.25, 0.3) is 0 Å². The van der Waals surface area contributed by atoms with E-state index in [0.29, 0.717) is 11.0 Å². The van der Waals surface area contributed by atoms with Gasteiger partial charge < -0.3 is 10.6 Å². The van der Waals surface area contributed by atoms with Crippen molar-refractivity contribution in [1.29, 1.82) is 0 Å². The van der Waals surface area contributed by atoms with Crippen molar-refractivity contribution in [2.75, 3.05) is 52.4 Å². The van der Waals surface area contributed by atoms with Crippen LogP contribution >= 0.6 is 12.2 Å². The van der Waals surface area contributed by atoms with Crippen LogP contribution in [-0.2, 0) is 0 Å². The highest BCUT2D eigenvalue weighted by Gasteiger charge is 2.24. The summed E-state index contributed by atoms with van der Waals surface area (Å²) in [6.07, 6.45) is 3.81. The molecule has 2 aliphatic rings. The van der Waals surface area contributed by atoms with E-state index in [1.807, 2.05) is 0 Å². The fourth-order valence-corrected chi connectivity index (χ4v) is 3.54. The Morgan fingerprint density at radius 2 is 1.53 bits per heavy atom. The van der Waals surface area contributed by atoms with Crippen molar-refractivity contribution in [1.82, 2.24) is 14.7 Å². The highest BCUT2D eigenvalue weighted by Crippen LogP contribution is 2.11. The third-order valence-electron chi connectivity index (χ3n) is 4.49. The molecule has 0 aliphatic carbocycles. The molecule has 2 saturated heterocycles. The van der Waals surface area contributed by atoms with Gasteiger partial charge in [0, 0.05) is 39.3 Å². The van der Waals surface area contributed by atoms with Crippen molar-refractivity contribution in [2.24, 2.45) is 5.73 Å². The molecule has 1 unspecified atom stereocenters. The number of likely N-dealkylation sites (tertiary alicyclic amines) is 1. The summed E-state index contributed by atoms with van der Waals surface area (Å²) in [6, 6.07) is 0.302. The van der Waals surface area contributed by atoms with E-state index in [2.05, 4.69) is 21.6 Å². The quantitative estimate of drug-likeness (QED) is 0.729. The number of thiocarbonyl (C=S) groups is 1. The molecule has 0 bridgehead atoms. The van der Waals surface area contributed by atoms with Crippen LogP contribution in [0, 0.1) is 0 Å². The molecule has 1 atom stereocenters. The van der Waals surface area contributed by atoms with Gasteiger partial charge in [-0.1, -0.05) is 19.1 Å². The van der Waals surface area contributed by atoms with E-state index in [1.165, 1.54) is 39.0 Å². The minimum Gasteiger partial charge on any atom is -0.392 e. The Bertz CT molecular complexity index is 283. The van der Waals surface area contributed by atoms with Gasteiger partial charge in [-0.25, -0.2) is 0 Å². The average molecular weight is 284 g/mol. The first kappa shape index (κ1) is 15.2. The standard InChI is InChI=1S/C14H28N4S/c1-2-13(14(15)19)18-11-9-17(10-12-18)8-7-16-5-3-4-6-16/h13H,2-12H2,1H3,(H2,15,19). The van der Waals surface area contributed by atoms with Crippen molar-refractivity contribution in [3.8, 4) is 0 Å². The largest absolute Gasteiger partial charge is 0.392 e. The van der Waals surface area contributed by atoms with Crippen LogP contribution in [0.4, 0.5) is 0 Å². The van der Waals surface area contributed by atoms with Gasteiger partial charge in [-0.15, -0.1) is 0 Å². The molecular weight excluding hydrogens is 256 g/mol. The van der Waals surface area contributed by atoms with Crippen LogP contribution in [0.25, 0.3) is 0 Å². The molecule has 5 heteroatoms. The molecule has 2 fully saturated rings. The Kier molecular flexibility index (Phi) is 6.01. The van der Waals surface area contributed by atoms with E-state index in [0.717, 1.165) is 32.6 Å². The molecule has 0 amide bonds. The monoisotopic (exact) mass is 284 g/mol. The minimum absolute atomic E-state index is 0.302. The molecule has 2 heterocycles. The summed E-state index contributed by atoms with van der Waals surface area (Å²) >= 11 is 5.17. The Morgan fingerprint density at radius 1 is 1.00 bits per heavy atom. The Morgan fingerprint density at radius 3 is 2.00 bits per heavy atom. The molecule has 4 nitrogen and oxygen atoms in total. The summed E-state index contributed by atoms with van der Waals surface area (Å²) in [7, 11) is 0. The van der Waals surface area contributed by atoms with Gasteiger partial charge in [0.05, 0.1) is 11.0 Å². The Hall–Kier alpha value is -0.230. The molecular formula is C14H28N4S. The highest BCUT2D eigenvalue weighted by atomic mass is 32.1. The second kappa shape index (κ2) is 7.53. The van der Waals surface area contributed by atoms with Crippen LogP contribution in [0.3, 0.4) is 0 Å². The van der Waals surface area contributed by atoms with E-state index in [9.17, 15) is 0 Å². The average Bonchev–Trinajstić information content (AvgIpc) is 2.91. The first-order valence-corrected chi connectivity index (χ1v) is 8.09. The molecule has 0 aromatic carbocycles. The van der Waals surface area contributed by atoms with Crippen molar-refractivity contribution in [3.05, 3.63) is 0 Å². The third-order valence-corrected chi connectivity index (χ3v) is 4.77. The van der Waals surface area contributed by atoms with Crippen molar-refractivity contribution in [3.63, 3.8) is 0 Å². The molecule has 2 N–H and O–H groups in total. The lowest BCUT2D eigenvalue weighted by Crippen LogP contribution is -2.54. The summed E-state index contributed by atoms with van der Waals surface area (Å²) in [5.74, 6) is 0. The van der Waals surface area contributed by atoms with Gasteiger partial charge in [-0.05, 0) is 32.4 Å². The summed E-state index contributed by atoms with van der Waals surface area (Å²) in [6.45, 7) is 11.8.